The minimum Gasteiger partial charge on any atom is -0.444 e. The lowest BCUT2D eigenvalue weighted by molar-refractivity contribution is 0.0506. The average molecular weight is 289 g/mol. The van der Waals surface area contributed by atoms with Crippen molar-refractivity contribution in [3.05, 3.63) is 36.0 Å². The molecule has 0 saturated heterocycles. The minimum absolute atomic E-state index is 0.152. The first kappa shape index (κ1) is 15.4. The first-order chi connectivity index (χ1) is 9.89. The minimum atomic E-state index is -0.510. The number of carbonyl (C=O) groups is 1. The lowest BCUT2D eigenvalue weighted by Crippen LogP contribution is -2.44. The summed E-state index contributed by atoms with van der Waals surface area (Å²) in [4.78, 5) is 15.0. The van der Waals surface area contributed by atoms with E-state index in [1.165, 1.54) is 0 Å². The number of nitrogens with two attached hydrogens (primary N) is 1. The number of ether oxygens (including phenoxy) is 1. The third-order valence-electron chi connectivity index (χ3n) is 3.16. The van der Waals surface area contributed by atoms with E-state index in [0.29, 0.717) is 13.0 Å². The van der Waals surface area contributed by atoms with Crippen LogP contribution in [0.1, 0.15) is 26.3 Å². The van der Waals surface area contributed by atoms with Crippen LogP contribution >= 0.6 is 0 Å². The van der Waals surface area contributed by atoms with Gasteiger partial charge in [0.25, 0.3) is 0 Å². The van der Waals surface area contributed by atoms with Gasteiger partial charge in [-0.05, 0) is 44.9 Å². The summed E-state index contributed by atoms with van der Waals surface area (Å²) in [6.07, 6.45) is 2.15. The van der Waals surface area contributed by atoms with Gasteiger partial charge >= 0.3 is 6.09 Å². The largest absolute Gasteiger partial charge is 0.444 e. The highest BCUT2D eigenvalue weighted by Gasteiger charge is 2.19. The number of benzene rings is 1. The second-order valence-corrected chi connectivity index (χ2v) is 6.14. The van der Waals surface area contributed by atoms with Crippen molar-refractivity contribution in [3.8, 4) is 0 Å². The number of rotatable bonds is 4. The van der Waals surface area contributed by atoms with E-state index in [1.807, 2.05) is 45.2 Å². The molecule has 4 N–H and O–H groups in total. The molecule has 21 heavy (non-hydrogen) atoms. The van der Waals surface area contributed by atoms with Gasteiger partial charge < -0.3 is 20.8 Å². The summed E-state index contributed by atoms with van der Waals surface area (Å²) in [6, 6.07) is 7.95. The molecule has 114 valence electrons. The van der Waals surface area contributed by atoms with E-state index in [4.69, 9.17) is 10.5 Å². The molecule has 1 unspecified atom stereocenters. The number of H-pyrrole nitrogens is 1. The SMILES string of the molecule is CC(C)(C)OC(=O)NC(CN)Cc1cccc2[nH]ccc12. The van der Waals surface area contributed by atoms with Gasteiger partial charge in [-0.15, -0.1) is 0 Å². The van der Waals surface area contributed by atoms with Crippen LogP contribution in [0.2, 0.25) is 0 Å². The molecule has 0 aliphatic carbocycles. The zero-order valence-electron chi connectivity index (χ0n) is 12.8. The fourth-order valence-electron chi connectivity index (χ4n) is 2.26. The predicted octanol–water partition coefficient (Wildman–Crippen LogP) is 2.56. The van der Waals surface area contributed by atoms with Crippen LogP contribution in [0.3, 0.4) is 0 Å². The summed E-state index contributed by atoms with van der Waals surface area (Å²) in [7, 11) is 0. The van der Waals surface area contributed by atoms with E-state index in [1.54, 1.807) is 0 Å². The molecule has 1 heterocycles. The number of aromatic nitrogens is 1. The Morgan fingerprint density at radius 3 is 2.81 bits per heavy atom. The Bertz CT molecular complexity index is 613. The predicted molar refractivity (Wildman–Crippen MR) is 84.2 cm³/mol. The van der Waals surface area contributed by atoms with E-state index in [2.05, 4.69) is 16.4 Å². The summed E-state index contributed by atoms with van der Waals surface area (Å²) >= 11 is 0. The molecule has 2 aromatic rings. The lowest BCUT2D eigenvalue weighted by Gasteiger charge is -2.23. The maximum absolute atomic E-state index is 11.8. The van der Waals surface area contributed by atoms with Crippen molar-refractivity contribution in [2.24, 2.45) is 5.73 Å². The van der Waals surface area contributed by atoms with Gasteiger partial charge in [0.05, 0.1) is 0 Å². The highest BCUT2D eigenvalue weighted by Crippen LogP contribution is 2.18. The summed E-state index contributed by atoms with van der Waals surface area (Å²) in [5.41, 5.74) is 7.50. The summed E-state index contributed by atoms with van der Waals surface area (Å²) in [5, 5.41) is 3.99. The maximum Gasteiger partial charge on any atom is 0.407 e. The lowest BCUT2D eigenvalue weighted by atomic mass is 10.0. The van der Waals surface area contributed by atoms with Crippen molar-refractivity contribution in [1.82, 2.24) is 10.3 Å². The van der Waals surface area contributed by atoms with Crippen LogP contribution in [0, 0.1) is 0 Å². The second-order valence-electron chi connectivity index (χ2n) is 6.14. The van der Waals surface area contributed by atoms with Gasteiger partial charge in [0.1, 0.15) is 5.60 Å². The average Bonchev–Trinajstić information content (AvgIpc) is 2.84. The van der Waals surface area contributed by atoms with E-state index in [9.17, 15) is 4.79 Å². The number of alkyl carbamates (subject to hydrolysis) is 1. The molecule has 1 atom stereocenters. The van der Waals surface area contributed by atoms with Crippen LogP contribution in [-0.2, 0) is 11.2 Å². The van der Waals surface area contributed by atoms with E-state index in [0.717, 1.165) is 16.5 Å². The topological polar surface area (TPSA) is 80.1 Å². The Balaban J connectivity index is 2.05. The first-order valence-corrected chi connectivity index (χ1v) is 7.13. The Hall–Kier alpha value is -2.01. The Labute approximate surface area is 124 Å². The van der Waals surface area contributed by atoms with E-state index in [-0.39, 0.29) is 6.04 Å². The normalized spacial score (nSPS) is 13.1. The molecule has 1 amide bonds. The zero-order chi connectivity index (χ0) is 15.5. The molecule has 0 saturated carbocycles. The van der Waals surface area contributed by atoms with Crippen molar-refractivity contribution in [3.63, 3.8) is 0 Å². The zero-order valence-corrected chi connectivity index (χ0v) is 12.8. The standard InChI is InChI=1S/C16H23N3O2/c1-16(2,3)21-15(20)19-12(10-17)9-11-5-4-6-14-13(11)7-8-18-14/h4-8,12,18H,9-10,17H2,1-3H3,(H,19,20). The molecule has 1 aromatic carbocycles. The van der Waals surface area contributed by atoms with Crippen molar-refractivity contribution in [2.75, 3.05) is 6.54 Å². The molecule has 0 radical (unpaired) electrons. The smallest absolute Gasteiger partial charge is 0.407 e. The third-order valence-corrected chi connectivity index (χ3v) is 3.16. The highest BCUT2D eigenvalue weighted by molar-refractivity contribution is 5.83. The van der Waals surface area contributed by atoms with Crippen molar-refractivity contribution < 1.29 is 9.53 Å². The molecule has 0 spiro atoms. The van der Waals surface area contributed by atoms with Crippen molar-refractivity contribution >= 4 is 17.0 Å². The Kier molecular flexibility index (Phi) is 4.53. The van der Waals surface area contributed by atoms with E-state index < -0.39 is 11.7 Å². The summed E-state index contributed by atoms with van der Waals surface area (Å²) in [6.45, 7) is 5.87. The molecular weight excluding hydrogens is 266 g/mol. The van der Waals surface area contributed by atoms with Gasteiger partial charge in [0, 0.05) is 29.7 Å². The van der Waals surface area contributed by atoms with Gasteiger partial charge in [0.15, 0.2) is 0 Å². The number of nitrogens with one attached hydrogen (secondary N) is 2. The summed E-state index contributed by atoms with van der Waals surface area (Å²) in [5.74, 6) is 0. The van der Waals surface area contributed by atoms with Gasteiger partial charge in [-0.2, -0.15) is 0 Å². The number of hydrogen-bond donors (Lipinski definition) is 3. The van der Waals surface area contributed by atoms with Gasteiger partial charge in [-0.25, -0.2) is 4.79 Å². The fraction of sp³-hybridized carbons (Fsp3) is 0.438. The number of hydrogen-bond acceptors (Lipinski definition) is 3. The van der Waals surface area contributed by atoms with Crippen LogP contribution in [0.15, 0.2) is 30.5 Å². The highest BCUT2D eigenvalue weighted by atomic mass is 16.6. The molecule has 2 rings (SSSR count). The quantitative estimate of drug-likeness (QED) is 0.809. The molecule has 0 aliphatic heterocycles. The molecule has 0 aliphatic rings. The van der Waals surface area contributed by atoms with Gasteiger partial charge in [0.2, 0.25) is 0 Å². The Morgan fingerprint density at radius 2 is 2.14 bits per heavy atom. The third kappa shape index (κ3) is 4.23. The van der Waals surface area contributed by atoms with Crippen molar-refractivity contribution in [1.29, 1.82) is 0 Å². The first-order valence-electron chi connectivity index (χ1n) is 7.13. The number of fused-ring (bicyclic) bond motifs is 1. The molecule has 5 heteroatoms. The van der Waals surface area contributed by atoms with Gasteiger partial charge in [-0.3, -0.25) is 0 Å². The monoisotopic (exact) mass is 289 g/mol. The molecule has 0 bridgehead atoms. The van der Waals surface area contributed by atoms with Crippen LogP contribution in [0.5, 0.6) is 0 Å². The van der Waals surface area contributed by atoms with Crippen molar-refractivity contribution in [2.45, 2.75) is 38.8 Å². The summed E-state index contributed by atoms with van der Waals surface area (Å²) < 4.78 is 5.27. The molecular formula is C16H23N3O2. The van der Waals surface area contributed by atoms with Gasteiger partial charge in [-0.1, -0.05) is 12.1 Å². The van der Waals surface area contributed by atoms with E-state index >= 15 is 0 Å². The molecule has 0 fully saturated rings. The number of aromatic amines is 1. The van der Waals surface area contributed by atoms with Crippen LogP contribution < -0.4 is 11.1 Å². The molecule has 1 aromatic heterocycles. The van der Waals surface area contributed by atoms with Crippen LogP contribution in [0.25, 0.3) is 10.9 Å². The fourth-order valence-corrected chi connectivity index (χ4v) is 2.26. The molecule has 5 nitrogen and oxygen atoms in total. The van der Waals surface area contributed by atoms with Crippen LogP contribution in [-0.4, -0.2) is 29.3 Å². The number of carbonyl (C=O) groups excluding carboxylic acids is 1. The number of amides is 1. The Morgan fingerprint density at radius 1 is 1.38 bits per heavy atom. The maximum atomic E-state index is 11.8. The van der Waals surface area contributed by atoms with Crippen LogP contribution in [0.4, 0.5) is 4.79 Å². The second kappa shape index (κ2) is 6.18.